The molecule has 5 nitrogen and oxygen atoms in total. The molecule has 1 amide bonds. The van der Waals surface area contributed by atoms with Crippen LogP contribution in [0.25, 0.3) is 11.0 Å². The van der Waals surface area contributed by atoms with Crippen LogP contribution in [0.3, 0.4) is 0 Å². The highest BCUT2D eigenvalue weighted by Crippen LogP contribution is 2.19. The van der Waals surface area contributed by atoms with Crippen molar-refractivity contribution in [2.75, 3.05) is 18.4 Å². The Bertz CT molecular complexity index is 926. The van der Waals surface area contributed by atoms with Gasteiger partial charge in [-0.1, -0.05) is 30.3 Å². The summed E-state index contributed by atoms with van der Waals surface area (Å²) in [6.45, 7) is 3.34. The molecule has 0 saturated carbocycles. The molecule has 1 aliphatic heterocycles. The van der Waals surface area contributed by atoms with Gasteiger partial charge < -0.3 is 9.73 Å². The van der Waals surface area contributed by atoms with E-state index in [1.807, 2.05) is 36.4 Å². The summed E-state index contributed by atoms with van der Waals surface area (Å²) in [7, 11) is 0. The van der Waals surface area contributed by atoms with Gasteiger partial charge in [-0.2, -0.15) is 0 Å². The topological polar surface area (TPSA) is 57.5 Å². The number of nitrogens with one attached hydrogen (secondary N) is 2. The maximum Gasteiger partial charge on any atom is 0.293 e. The van der Waals surface area contributed by atoms with Crippen LogP contribution in [0.1, 0.15) is 29.0 Å². The standard InChI is InChI=1S/C21H21N3O2S/c25-20(19-13-16-5-1-2-6-18(16)26-19)23-21(27)22-17-9-7-15(8-10-17)14-24-11-3-4-12-24/h1-2,5-10,13H,3-4,11-12,14H2,(H2,22,23,25,27). The number of fused-ring (bicyclic) bond motifs is 1. The molecule has 0 radical (unpaired) electrons. The van der Waals surface area contributed by atoms with Crippen molar-refractivity contribution in [1.82, 2.24) is 10.2 Å². The Morgan fingerprint density at radius 2 is 1.81 bits per heavy atom. The molecule has 1 aliphatic rings. The molecule has 0 aliphatic carbocycles. The second kappa shape index (κ2) is 7.90. The molecule has 1 saturated heterocycles. The number of thiocarbonyl (C=S) groups is 1. The zero-order chi connectivity index (χ0) is 18.6. The fourth-order valence-electron chi connectivity index (χ4n) is 3.31. The molecule has 27 heavy (non-hydrogen) atoms. The van der Waals surface area contributed by atoms with Crippen LogP contribution < -0.4 is 10.6 Å². The minimum Gasteiger partial charge on any atom is -0.451 e. The van der Waals surface area contributed by atoms with Gasteiger partial charge >= 0.3 is 0 Å². The number of hydrogen-bond acceptors (Lipinski definition) is 4. The summed E-state index contributed by atoms with van der Waals surface area (Å²) in [5, 5.41) is 6.83. The van der Waals surface area contributed by atoms with E-state index in [1.54, 1.807) is 6.07 Å². The number of amides is 1. The number of benzene rings is 2. The van der Waals surface area contributed by atoms with Gasteiger partial charge in [0.25, 0.3) is 5.91 Å². The lowest BCUT2D eigenvalue weighted by Gasteiger charge is -2.15. The summed E-state index contributed by atoms with van der Waals surface area (Å²) in [5.41, 5.74) is 2.80. The number of nitrogens with zero attached hydrogens (tertiary/aromatic N) is 1. The second-order valence-corrected chi connectivity index (χ2v) is 7.15. The van der Waals surface area contributed by atoms with Gasteiger partial charge in [0.15, 0.2) is 10.9 Å². The highest BCUT2D eigenvalue weighted by molar-refractivity contribution is 7.80. The van der Waals surface area contributed by atoms with E-state index >= 15 is 0 Å². The Kier molecular flexibility index (Phi) is 5.18. The number of carbonyl (C=O) groups is 1. The van der Waals surface area contributed by atoms with E-state index in [4.69, 9.17) is 16.6 Å². The number of likely N-dealkylation sites (tertiary alicyclic amines) is 1. The van der Waals surface area contributed by atoms with Gasteiger partial charge in [0, 0.05) is 17.6 Å². The third kappa shape index (κ3) is 4.35. The van der Waals surface area contributed by atoms with Gasteiger partial charge in [0.05, 0.1) is 0 Å². The van der Waals surface area contributed by atoms with Crippen LogP contribution in [0.4, 0.5) is 5.69 Å². The van der Waals surface area contributed by atoms with Crippen molar-refractivity contribution in [3.05, 3.63) is 65.9 Å². The number of hydrogen-bond donors (Lipinski definition) is 2. The first-order valence-corrected chi connectivity index (χ1v) is 9.50. The third-order valence-corrected chi connectivity index (χ3v) is 4.90. The van der Waals surface area contributed by atoms with Gasteiger partial charge in [-0.25, -0.2) is 0 Å². The normalized spacial score (nSPS) is 14.4. The molecule has 0 unspecified atom stereocenters. The minimum atomic E-state index is -0.366. The van der Waals surface area contributed by atoms with E-state index in [-0.39, 0.29) is 16.8 Å². The summed E-state index contributed by atoms with van der Waals surface area (Å²) in [5.74, 6) is -0.129. The Morgan fingerprint density at radius 1 is 1.07 bits per heavy atom. The van der Waals surface area contributed by atoms with E-state index in [9.17, 15) is 4.79 Å². The summed E-state index contributed by atoms with van der Waals surface area (Å²) in [4.78, 5) is 14.8. The highest BCUT2D eigenvalue weighted by atomic mass is 32.1. The van der Waals surface area contributed by atoms with Crippen LogP contribution in [0.2, 0.25) is 0 Å². The predicted octanol–water partition coefficient (Wildman–Crippen LogP) is 4.16. The molecule has 0 bridgehead atoms. The van der Waals surface area contributed by atoms with Gasteiger partial charge in [-0.15, -0.1) is 0 Å². The largest absolute Gasteiger partial charge is 0.451 e. The quantitative estimate of drug-likeness (QED) is 0.667. The monoisotopic (exact) mass is 379 g/mol. The molecule has 3 aromatic rings. The van der Waals surface area contributed by atoms with Gasteiger partial charge in [-0.05, 0) is 68.0 Å². The number of anilines is 1. The predicted molar refractivity (Wildman–Crippen MR) is 111 cm³/mol. The fourth-order valence-corrected chi connectivity index (χ4v) is 3.52. The number of para-hydroxylation sites is 1. The SMILES string of the molecule is O=C(NC(=S)Nc1ccc(CN2CCCC2)cc1)c1cc2ccccc2o1. The fraction of sp³-hybridized carbons (Fsp3) is 0.238. The zero-order valence-corrected chi connectivity index (χ0v) is 15.7. The second-order valence-electron chi connectivity index (χ2n) is 6.74. The molecule has 1 fully saturated rings. The first kappa shape index (κ1) is 17.7. The molecule has 0 spiro atoms. The average molecular weight is 379 g/mol. The molecule has 2 aromatic carbocycles. The summed E-state index contributed by atoms with van der Waals surface area (Å²) < 4.78 is 5.56. The number of carbonyl (C=O) groups excluding carboxylic acids is 1. The van der Waals surface area contributed by atoms with Crippen molar-refractivity contribution in [3.63, 3.8) is 0 Å². The Hall–Kier alpha value is -2.70. The van der Waals surface area contributed by atoms with E-state index in [1.165, 1.54) is 31.5 Å². The number of rotatable bonds is 4. The first-order valence-electron chi connectivity index (χ1n) is 9.09. The lowest BCUT2D eigenvalue weighted by Crippen LogP contribution is -2.33. The van der Waals surface area contributed by atoms with Gasteiger partial charge in [0.2, 0.25) is 0 Å². The lowest BCUT2D eigenvalue weighted by molar-refractivity contribution is 0.0953. The smallest absolute Gasteiger partial charge is 0.293 e. The van der Waals surface area contributed by atoms with Crippen molar-refractivity contribution in [1.29, 1.82) is 0 Å². The van der Waals surface area contributed by atoms with Crippen LogP contribution >= 0.6 is 12.2 Å². The number of furan rings is 1. The maximum atomic E-state index is 12.3. The highest BCUT2D eigenvalue weighted by Gasteiger charge is 2.14. The average Bonchev–Trinajstić information content (AvgIpc) is 3.32. The van der Waals surface area contributed by atoms with Crippen molar-refractivity contribution in [2.24, 2.45) is 0 Å². The Morgan fingerprint density at radius 3 is 2.56 bits per heavy atom. The molecule has 2 heterocycles. The molecule has 138 valence electrons. The zero-order valence-electron chi connectivity index (χ0n) is 14.9. The van der Waals surface area contributed by atoms with Gasteiger partial charge in [-0.3, -0.25) is 15.0 Å². The van der Waals surface area contributed by atoms with Crippen molar-refractivity contribution < 1.29 is 9.21 Å². The molecular formula is C21H21N3O2S. The molecule has 4 rings (SSSR count). The van der Waals surface area contributed by atoms with Crippen LogP contribution in [0.15, 0.2) is 59.0 Å². The van der Waals surface area contributed by atoms with Crippen LogP contribution in [-0.4, -0.2) is 29.0 Å². The van der Waals surface area contributed by atoms with E-state index in [0.29, 0.717) is 5.58 Å². The van der Waals surface area contributed by atoms with E-state index in [0.717, 1.165) is 17.6 Å². The Labute approximate surface area is 163 Å². The van der Waals surface area contributed by atoms with Crippen LogP contribution in [0.5, 0.6) is 0 Å². The van der Waals surface area contributed by atoms with Crippen molar-refractivity contribution in [2.45, 2.75) is 19.4 Å². The third-order valence-electron chi connectivity index (χ3n) is 4.69. The molecule has 6 heteroatoms. The molecular weight excluding hydrogens is 358 g/mol. The summed E-state index contributed by atoms with van der Waals surface area (Å²) in [6.07, 6.45) is 2.58. The molecule has 1 aromatic heterocycles. The molecule has 0 atom stereocenters. The summed E-state index contributed by atoms with van der Waals surface area (Å²) >= 11 is 5.25. The van der Waals surface area contributed by atoms with Gasteiger partial charge in [0.1, 0.15) is 5.58 Å². The van der Waals surface area contributed by atoms with Crippen LogP contribution in [-0.2, 0) is 6.54 Å². The molecule has 2 N–H and O–H groups in total. The maximum absolute atomic E-state index is 12.3. The van der Waals surface area contributed by atoms with E-state index < -0.39 is 0 Å². The van der Waals surface area contributed by atoms with E-state index in [2.05, 4.69) is 27.7 Å². The first-order chi connectivity index (χ1) is 13.2. The summed E-state index contributed by atoms with van der Waals surface area (Å²) in [6, 6.07) is 17.3. The lowest BCUT2D eigenvalue weighted by atomic mass is 10.2. The van der Waals surface area contributed by atoms with Crippen molar-refractivity contribution >= 4 is 39.9 Å². The van der Waals surface area contributed by atoms with Crippen molar-refractivity contribution in [3.8, 4) is 0 Å². The minimum absolute atomic E-state index is 0.237. The van der Waals surface area contributed by atoms with Crippen LogP contribution in [0, 0.1) is 0 Å². The Balaban J connectivity index is 1.33.